The Hall–Kier alpha value is -0.290. The summed E-state index contributed by atoms with van der Waals surface area (Å²) >= 11 is 5.79. The second-order valence-electron chi connectivity index (χ2n) is 3.03. The van der Waals surface area contributed by atoms with Gasteiger partial charge in [0, 0.05) is 22.8 Å². The Bertz CT molecular complexity index is 443. The monoisotopic (exact) mass is 268 g/mol. The van der Waals surface area contributed by atoms with Gasteiger partial charge in [-0.15, -0.1) is 0 Å². The minimum atomic E-state index is -3.56. The lowest BCUT2D eigenvalue weighted by atomic mass is 10.1. The highest BCUT2D eigenvalue weighted by atomic mass is 35.7. The van der Waals surface area contributed by atoms with E-state index >= 15 is 0 Å². The van der Waals surface area contributed by atoms with E-state index in [2.05, 4.69) is 0 Å². The van der Waals surface area contributed by atoms with E-state index in [1.165, 1.54) is 7.11 Å². The molecule has 0 heterocycles. The SMILES string of the molecule is COCc1cc(Cl)ccc1CS(=O)(=O)Cl. The van der Waals surface area contributed by atoms with Gasteiger partial charge in [-0.1, -0.05) is 17.7 Å². The van der Waals surface area contributed by atoms with Gasteiger partial charge in [-0.3, -0.25) is 0 Å². The average Bonchev–Trinajstić information content (AvgIpc) is 2.08. The molecular formula is C9H10Cl2O3S. The molecule has 1 aromatic rings. The Morgan fingerprint density at radius 2 is 2.00 bits per heavy atom. The van der Waals surface area contributed by atoms with Crippen LogP contribution in [0.25, 0.3) is 0 Å². The lowest BCUT2D eigenvalue weighted by Crippen LogP contribution is -2.01. The highest BCUT2D eigenvalue weighted by Gasteiger charge is 2.11. The molecule has 0 radical (unpaired) electrons. The lowest BCUT2D eigenvalue weighted by molar-refractivity contribution is 0.184. The van der Waals surface area contributed by atoms with Gasteiger partial charge in [0.15, 0.2) is 0 Å². The van der Waals surface area contributed by atoms with Crippen molar-refractivity contribution in [2.45, 2.75) is 12.4 Å². The van der Waals surface area contributed by atoms with Gasteiger partial charge in [0.1, 0.15) is 0 Å². The first-order valence-corrected chi connectivity index (χ1v) is 6.96. The van der Waals surface area contributed by atoms with E-state index in [4.69, 9.17) is 27.0 Å². The Labute approximate surface area is 98.4 Å². The second kappa shape index (κ2) is 5.16. The number of halogens is 2. The molecule has 0 unspecified atom stereocenters. The van der Waals surface area contributed by atoms with Crippen molar-refractivity contribution in [2.75, 3.05) is 7.11 Å². The third-order valence-electron chi connectivity index (χ3n) is 1.80. The molecule has 0 aliphatic carbocycles. The fourth-order valence-corrected chi connectivity index (χ4v) is 2.41. The predicted molar refractivity (Wildman–Crippen MR) is 60.6 cm³/mol. The standard InChI is InChI=1S/C9H10Cl2O3S/c1-14-5-8-4-9(10)3-2-7(8)6-15(11,12)13/h2-4H,5-6H2,1H3. The zero-order valence-corrected chi connectivity index (χ0v) is 10.4. The van der Waals surface area contributed by atoms with Gasteiger partial charge in [0.2, 0.25) is 9.05 Å². The molecule has 0 amide bonds. The fraction of sp³-hybridized carbons (Fsp3) is 0.333. The van der Waals surface area contributed by atoms with E-state index in [-0.39, 0.29) is 5.75 Å². The molecule has 0 fully saturated rings. The molecule has 3 nitrogen and oxygen atoms in total. The number of hydrogen-bond acceptors (Lipinski definition) is 3. The maximum absolute atomic E-state index is 10.9. The number of benzene rings is 1. The van der Waals surface area contributed by atoms with Crippen LogP contribution in [0.1, 0.15) is 11.1 Å². The van der Waals surface area contributed by atoms with Crippen molar-refractivity contribution < 1.29 is 13.2 Å². The minimum absolute atomic E-state index is 0.218. The van der Waals surface area contributed by atoms with Crippen molar-refractivity contribution in [1.82, 2.24) is 0 Å². The summed E-state index contributed by atoms with van der Waals surface area (Å²) in [5.41, 5.74) is 1.34. The number of ether oxygens (including phenoxy) is 1. The molecule has 1 rings (SSSR count). The smallest absolute Gasteiger partial charge is 0.236 e. The summed E-state index contributed by atoms with van der Waals surface area (Å²) in [7, 11) is 3.15. The van der Waals surface area contributed by atoms with Crippen molar-refractivity contribution in [3.05, 3.63) is 34.3 Å². The van der Waals surface area contributed by atoms with Crippen molar-refractivity contribution in [3.63, 3.8) is 0 Å². The second-order valence-corrected chi connectivity index (χ2v) is 6.24. The number of rotatable bonds is 4. The van der Waals surface area contributed by atoms with Crippen LogP contribution in [-0.4, -0.2) is 15.5 Å². The Morgan fingerprint density at radius 1 is 1.33 bits per heavy atom. The molecule has 0 aliphatic rings. The molecule has 84 valence electrons. The van der Waals surface area contributed by atoms with Gasteiger partial charge in [0.25, 0.3) is 0 Å². The molecule has 0 saturated carbocycles. The van der Waals surface area contributed by atoms with E-state index in [9.17, 15) is 8.42 Å². The quantitative estimate of drug-likeness (QED) is 0.789. The van der Waals surface area contributed by atoms with E-state index in [0.29, 0.717) is 17.2 Å². The summed E-state index contributed by atoms with van der Waals surface area (Å²) < 4.78 is 26.8. The van der Waals surface area contributed by atoms with E-state index in [0.717, 1.165) is 5.56 Å². The Balaban J connectivity index is 3.05. The minimum Gasteiger partial charge on any atom is -0.380 e. The molecule has 0 saturated heterocycles. The van der Waals surface area contributed by atoms with Crippen LogP contribution in [0.15, 0.2) is 18.2 Å². The Morgan fingerprint density at radius 3 is 2.53 bits per heavy atom. The summed E-state index contributed by atoms with van der Waals surface area (Å²) in [6, 6.07) is 4.93. The molecule has 0 aliphatic heterocycles. The Kier molecular flexibility index (Phi) is 4.40. The van der Waals surface area contributed by atoms with Gasteiger partial charge >= 0.3 is 0 Å². The van der Waals surface area contributed by atoms with Gasteiger partial charge in [-0.05, 0) is 23.3 Å². The lowest BCUT2D eigenvalue weighted by Gasteiger charge is -2.07. The maximum atomic E-state index is 10.9. The van der Waals surface area contributed by atoms with Crippen molar-refractivity contribution in [3.8, 4) is 0 Å². The summed E-state index contributed by atoms with van der Waals surface area (Å²) in [5, 5.41) is 0.540. The first-order chi connectivity index (χ1) is 6.92. The molecule has 0 bridgehead atoms. The maximum Gasteiger partial charge on any atom is 0.236 e. The van der Waals surface area contributed by atoms with Gasteiger partial charge in [0.05, 0.1) is 12.4 Å². The van der Waals surface area contributed by atoms with Gasteiger partial charge in [-0.2, -0.15) is 0 Å². The molecule has 6 heteroatoms. The molecule has 0 atom stereocenters. The summed E-state index contributed by atoms with van der Waals surface area (Å²) in [5.74, 6) is -0.218. The molecule has 1 aromatic carbocycles. The molecular weight excluding hydrogens is 259 g/mol. The van der Waals surface area contributed by atoms with Crippen LogP contribution in [-0.2, 0) is 26.1 Å². The summed E-state index contributed by atoms with van der Waals surface area (Å²) in [6.45, 7) is 0.308. The highest BCUT2D eigenvalue weighted by molar-refractivity contribution is 8.13. The predicted octanol–water partition coefficient (Wildman–Crippen LogP) is 2.56. The van der Waals surface area contributed by atoms with Crippen LogP contribution >= 0.6 is 22.3 Å². The van der Waals surface area contributed by atoms with E-state index in [1.54, 1.807) is 18.2 Å². The fourth-order valence-electron chi connectivity index (χ4n) is 1.21. The first-order valence-electron chi connectivity index (χ1n) is 4.11. The van der Waals surface area contributed by atoms with Crippen LogP contribution in [0.2, 0.25) is 5.02 Å². The topological polar surface area (TPSA) is 43.4 Å². The van der Waals surface area contributed by atoms with Crippen molar-refractivity contribution in [2.24, 2.45) is 0 Å². The third kappa shape index (κ3) is 4.38. The molecule has 15 heavy (non-hydrogen) atoms. The first kappa shape index (κ1) is 12.8. The zero-order valence-electron chi connectivity index (χ0n) is 8.04. The summed E-state index contributed by atoms with van der Waals surface area (Å²) in [6.07, 6.45) is 0. The normalized spacial score (nSPS) is 11.7. The van der Waals surface area contributed by atoms with Crippen LogP contribution in [0.4, 0.5) is 0 Å². The van der Waals surface area contributed by atoms with Crippen molar-refractivity contribution >= 4 is 31.3 Å². The van der Waals surface area contributed by atoms with Crippen LogP contribution in [0.3, 0.4) is 0 Å². The van der Waals surface area contributed by atoms with Crippen LogP contribution in [0, 0.1) is 0 Å². The molecule has 0 spiro atoms. The third-order valence-corrected chi connectivity index (χ3v) is 3.01. The van der Waals surface area contributed by atoms with E-state index in [1.807, 2.05) is 0 Å². The van der Waals surface area contributed by atoms with Crippen LogP contribution in [0.5, 0.6) is 0 Å². The average molecular weight is 269 g/mol. The van der Waals surface area contributed by atoms with Crippen LogP contribution < -0.4 is 0 Å². The zero-order chi connectivity index (χ0) is 11.5. The number of hydrogen-bond donors (Lipinski definition) is 0. The van der Waals surface area contributed by atoms with Gasteiger partial charge < -0.3 is 4.74 Å². The molecule has 0 N–H and O–H groups in total. The highest BCUT2D eigenvalue weighted by Crippen LogP contribution is 2.20. The van der Waals surface area contributed by atoms with Gasteiger partial charge in [-0.25, -0.2) is 8.42 Å². The number of methoxy groups -OCH3 is 1. The summed E-state index contributed by atoms with van der Waals surface area (Å²) in [4.78, 5) is 0. The van der Waals surface area contributed by atoms with E-state index < -0.39 is 9.05 Å². The molecule has 0 aromatic heterocycles. The van der Waals surface area contributed by atoms with Crippen molar-refractivity contribution in [1.29, 1.82) is 0 Å². The largest absolute Gasteiger partial charge is 0.380 e.